The summed E-state index contributed by atoms with van der Waals surface area (Å²) < 4.78 is 9.09. The molecule has 1 aliphatic rings. The number of para-hydroxylation sites is 1. The van der Waals surface area contributed by atoms with Crippen LogP contribution in [0.4, 0.5) is 10.5 Å². The quantitative estimate of drug-likeness (QED) is 0.821. The Hall–Kier alpha value is -1.79. The first-order valence-corrected chi connectivity index (χ1v) is 8.23. The van der Waals surface area contributed by atoms with Gasteiger partial charge in [0.05, 0.1) is 7.11 Å². The number of nitrogens with zero attached hydrogens (tertiary/aromatic N) is 1. The molecule has 1 aromatic carbocycles. The Bertz CT molecular complexity index is 499. The van der Waals surface area contributed by atoms with Gasteiger partial charge in [0.15, 0.2) is 0 Å². The molecule has 1 unspecified atom stereocenters. The topological polar surface area (TPSA) is 67.9 Å². The minimum absolute atomic E-state index is 0.00154. The Kier molecular flexibility index (Phi) is 9.88. The lowest BCUT2D eigenvalue weighted by Crippen LogP contribution is -2.41. The Morgan fingerprint density at radius 3 is 2.54 bits per heavy atom. The molecule has 1 saturated heterocycles. The van der Waals surface area contributed by atoms with Crippen molar-refractivity contribution in [3.05, 3.63) is 30.3 Å². The van der Waals surface area contributed by atoms with Gasteiger partial charge in [-0.3, -0.25) is 4.79 Å². The summed E-state index contributed by atoms with van der Waals surface area (Å²) in [4.78, 5) is 22.9. The number of hydrogen-bond acceptors (Lipinski definition) is 5. The van der Waals surface area contributed by atoms with Crippen LogP contribution in [0.3, 0.4) is 0 Å². The molecule has 1 fully saturated rings. The average Bonchev–Trinajstić information content (AvgIpc) is 2.61. The van der Waals surface area contributed by atoms with E-state index in [2.05, 4.69) is 22.2 Å². The summed E-state index contributed by atoms with van der Waals surface area (Å²) in [6, 6.07) is 10.2. The SMILES string of the molecule is COC(=O)N1CCCC(CNc2ccccc2)C1.COCC(=O)Cl. The molecule has 0 aromatic heterocycles. The van der Waals surface area contributed by atoms with Crippen LogP contribution in [0.15, 0.2) is 30.3 Å². The van der Waals surface area contributed by atoms with Gasteiger partial charge in [-0.1, -0.05) is 18.2 Å². The fourth-order valence-electron chi connectivity index (χ4n) is 2.46. The van der Waals surface area contributed by atoms with Crippen LogP contribution < -0.4 is 5.32 Å². The van der Waals surface area contributed by atoms with Crippen LogP contribution in [0, 0.1) is 5.92 Å². The highest BCUT2D eigenvalue weighted by Gasteiger charge is 2.23. The molecule has 1 heterocycles. The summed E-state index contributed by atoms with van der Waals surface area (Å²) in [7, 11) is 2.86. The van der Waals surface area contributed by atoms with Crippen molar-refractivity contribution in [2.24, 2.45) is 5.92 Å². The summed E-state index contributed by atoms with van der Waals surface area (Å²) in [6.45, 7) is 2.50. The van der Waals surface area contributed by atoms with Crippen molar-refractivity contribution in [3.63, 3.8) is 0 Å². The summed E-state index contributed by atoms with van der Waals surface area (Å²) in [5.41, 5.74) is 1.13. The van der Waals surface area contributed by atoms with Gasteiger partial charge in [0.2, 0.25) is 5.24 Å². The van der Waals surface area contributed by atoms with Crippen molar-refractivity contribution in [2.75, 3.05) is 45.8 Å². The van der Waals surface area contributed by atoms with E-state index < -0.39 is 5.24 Å². The highest BCUT2D eigenvalue weighted by atomic mass is 35.5. The number of rotatable bonds is 5. The second kappa shape index (κ2) is 11.7. The zero-order chi connectivity index (χ0) is 17.8. The fourth-order valence-corrected chi connectivity index (χ4v) is 2.57. The van der Waals surface area contributed by atoms with Gasteiger partial charge in [-0.15, -0.1) is 0 Å². The van der Waals surface area contributed by atoms with E-state index >= 15 is 0 Å². The van der Waals surface area contributed by atoms with Gasteiger partial charge in [0.25, 0.3) is 0 Å². The molecule has 134 valence electrons. The maximum absolute atomic E-state index is 11.5. The van der Waals surface area contributed by atoms with Gasteiger partial charge < -0.3 is 19.7 Å². The van der Waals surface area contributed by atoms with Crippen LogP contribution >= 0.6 is 11.6 Å². The molecule has 1 aromatic rings. The Balaban J connectivity index is 0.000000413. The molecule has 0 saturated carbocycles. The van der Waals surface area contributed by atoms with Crippen molar-refractivity contribution in [1.29, 1.82) is 0 Å². The monoisotopic (exact) mass is 356 g/mol. The fraction of sp³-hybridized carbons (Fsp3) is 0.529. The molecule has 1 aliphatic heterocycles. The van der Waals surface area contributed by atoms with Crippen LogP contribution in [-0.4, -0.2) is 56.7 Å². The number of nitrogens with one attached hydrogen (secondary N) is 1. The van der Waals surface area contributed by atoms with Crippen LogP contribution in [0.5, 0.6) is 0 Å². The van der Waals surface area contributed by atoms with E-state index in [0.717, 1.165) is 38.2 Å². The number of carbonyl (C=O) groups is 2. The van der Waals surface area contributed by atoms with Crippen LogP contribution in [0.25, 0.3) is 0 Å². The van der Waals surface area contributed by atoms with Gasteiger partial charge in [0, 0.05) is 32.4 Å². The number of anilines is 1. The molecule has 0 spiro atoms. The minimum atomic E-state index is -0.461. The molecular weight excluding hydrogens is 332 g/mol. The lowest BCUT2D eigenvalue weighted by atomic mass is 9.98. The van der Waals surface area contributed by atoms with Crippen molar-refractivity contribution < 1.29 is 19.1 Å². The Morgan fingerprint density at radius 1 is 1.29 bits per heavy atom. The van der Waals surface area contributed by atoms with Gasteiger partial charge in [-0.25, -0.2) is 4.79 Å². The number of hydrogen-bond donors (Lipinski definition) is 1. The largest absolute Gasteiger partial charge is 0.453 e. The van der Waals surface area contributed by atoms with Crippen molar-refractivity contribution >= 4 is 28.6 Å². The van der Waals surface area contributed by atoms with Gasteiger partial charge in [0.1, 0.15) is 6.61 Å². The summed E-state index contributed by atoms with van der Waals surface area (Å²) in [5, 5.41) is 2.95. The Morgan fingerprint density at radius 2 is 2.00 bits per heavy atom. The van der Waals surface area contributed by atoms with Crippen LogP contribution in [0.2, 0.25) is 0 Å². The number of piperidine rings is 1. The third-order valence-electron chi connectivity index (χ3n) is 3.58. The van der Waals surface area contributed by atoms with Gasteiger partial charge in [-0.05, 0) is 42.5 Å². The van der Waals surface area contributed by atoms with E-state index in [9.17, 15) is 9.59 Å². The second-order valence-electron chi connectivity index (χ2n) is 5.46. The first-order chi connectivity index (χ1) is 11.6. The molecule has 0 bridgehead atoms. The standard InChI is InChI=1S/C14H20N2O2.C3H5ClO2/c1-18-14(17)16-9-5-6-12(11-16)10-15-13-7-3-2-4-8-13;1-6-2-3(4)5/h2-4,7-8,12,15H,5-6,9-11H2,1H3;2H2,1H3. The minimum Gasteiger partial charge on any atom is -0.453 e. The zero-order valence-corrected chi connectivity index (χ0v) is 14.9. The lowest BCUT2D eigenvalue weighted by Gasteiger charge is -2.31. The van der Waals surface area contributed by atoms with E-state index in [1.165, 1.54) is 14.2 Å². The molecule has 0 aliphatic carbocycles. The number of amides is 1. The van der Waals surface area contributed by atoms with E-state index in [0.29, 0.717) is 5.92 Å². The molecule has 1 amide bonds. The summed E-state index contributed by atoms with van der Waals surface area (Å²) in [5.74, 6) is 0.498. The number of ether oxygens (including phenoxy) is 2. The molecular formula is C17H25ClN2O4. The summed E-state index contributed by atoms with van der Waals surface area (Å²) >= 11 is 4.81. The smallest absolute Gasteiger partial charge is 0.409 e. The van der Waals surface area contributed by atoms with Crippen molar-refractivity contribution in [1.82, 2.24) is 4.90 Å². The molecule has 7 heteroatoms. The number of benzene rings is 1. The predicted octanol–water partition coefficient (Wildman–Crippen LogP) is 2.98. The molecule has 1 N–H and O–H groups in total. The molecule has 1 atom stereocenters. The highest BCUT2D eigenvalue weighted by Crippen LogP contribution is 2.18. The third kappa shape index (κ3) is 8.17. The highest BCUT2D eigenvalue weighted by molar-refractivity contribution is 6.63. The summed E-state index contributed by atoms with van der Waals surface area (Å²) in [6.07, 6.45) is 2.00. The van der Waals surface area contributed by atoms with Crippen molar-refractivity contribution in [2.45, 2.75) is 12.8 Å². The van der Waals surface area contributed by atoms with Crippen LogP contribution in [0.1, 0.15) is 12.8 Å². The predicted molar refractivity (Wildman–Crippen MR) is 94.4 cm³/mol. The second-order valence-corrected chi connectivity index (χ2v) is 5.88. The number of halogens is 1. The Labute approximate surface area is 148 Å². The zero-order valence-electron chi connectivity index (χ0n) is 14.2. The lowest BCUT2D eigenvalue weighted by molar-refractivity contribution is -0.114. The maximum Gasteiger partial charge on any atom is 0.409 e. The van der Waals surface area contributed by atoms with E-state index in [-0.39, 0.29) is 12.7 Å². The normalized spacial score (nSPS) is 16.6. The van der Waals surface area contributed by atoms with E-state index in [1.54, 1.807) is 4.90 Å². The molecule has 24 heavy (non-hydrogen) atoms. The number of carbonyl (C=O) groups excluding carboxylic acids is 2. The maximum atomic E-state index is 11.5. The van der Waals surface area contributed by atoms with Gasteiger partial charge >= 0.3 is 6.09 Å². The van der Waals surface area contributed by atoms with Gasteiger partial charge in [-0.2, -0.15) is 0 Å². The van der Waals surface area contributed by atoms with E-state index in [4.69, 9.17) is 16.3 Å². The van der Waals surface area contributed by atoms with E-state index in [1.807, 2.05) is 18.2 Å². The first kappa shape index (κ1) is 20.3. The first-order valence-electron chi connectivity index (χ1n) is 7.86. The molecule has 6 nitrogen and oxygen atoms in total. The number of methoxy groups -OCH3 is 2. The van der Waals surface area contributed by atoms with Crippen LogP contribution in [-0.2, 0) is 14.3 Å². The average molecular weight is 357 g/mol. The number of likely N-dealkylation sites (tertiary alicyclic amines) is 1. The molecule has 2 rings (SSSR count). The third-order valence-corrected chi connectivity index (χ3v) is 3.69. The molecule has 0 radical (unpaired) electrons. The van der Waals surface area contributed by atoms with Crippen molar-refractivity contribution in [3.8, 4) is 0 Å².